The molecular weight excluding hydrogens is 264 g/mol. The Bertz CT molecular complexity index is 515. The normalized spacial score (nSPS) is 11.6. The van der Waals surface area contributed by atoms with Crippen LogP contribution in [0.25, 0.3) is 0 Å². The predicted octanol–water partition coefficient (Wildman–Crippen LogP) is -0.230. The molecular formula is C13H16N2O5. The third-order valence-corrected chi connectivity index (χ3v) is 2.59. The number of carboxylic acid groups (broad SMARTS) is 1. The standard InChI is InChI=1S/C13H16N2O5/c14-11(17)5-4-10(13(19)20)15-12(18)7-8-2-1-3-9(16)6-8/h1-3,6,10,16H,4-5,7H2,(H2,14,17)(H,15,18)(H,19,20)/t10-/m0/s1. The average molecular weight is 280 g/mol. The number of rotatable bonds is 7. The van der Waals surface area contributed by atoms with Crippen LogP contribution in [0.15, 0.2) is 24.3 Å². The van der Waals surface area contributed by atoms with Crippen molar-refractivity contribution in [1.82, 2.24) is 5.32 Å². The molecule has 7 nitrogen and oxygen atoms in total. The zero-order valence-electron chi connectivity index (χ0n) is 10.7. The molecule has 0 spiro atoms. The lowest BCUT2D eigenvalue weighted by Gasteiger charge is -2.13. The molecule has 1 atom stereocenters. The Balaban J connectivity index is 2.57. The molecule has 5 N–H and O–H groups in total. The molecule has 1 rings (SSSR count). The van der Waals surface area contributed by atoms with Gasteiger partial charge in [0.15, 0.2) is 0 Å². The molecule has 108 valence electrons. The van der Waals surface area contributed by atoms with Crippen LogP contribution in [-0.4, -0.2) is 34.0 Å². The summed E-state index contributed by atoms with van der Waals surface area (Å²) in [6.07, 6.45) is -0.241. The van der Waals surface area contributed by atoms with Crippen LogP contribution in [0.3, 0.4) is 0 Å². The Hall–Kier alpha value is -2.57. The van der Waals surface area contributed by atoms with Gasteiger partial charge in [0, 0.05) is 6.42 Å². The van der Waals surface area contributed by atoms with Crippen LogP contribution in [0.1, 0.15) is 18.4 Å². The van der Waals surface area contributed by atoms with Crippen molar-refractivity contribution in [3.63, 3.8) is 0 Å². The molecule has 0 aliphatic rings. The summed E-state index contributed by atoms with van der Waals surface area (Å²) in [4.78, 5) is 33.3. The number of primary amides is 1. The molecule has 0 aliphatic heterocycles. The van der Waals surface area contributed by atoms with Gasteiger partial charge in [-0.25, -0.2) is 4.79 Å². The van der Waals surface area contributed by atoms with E-state index >= 15 is 0 Å². The average Bonchev–Trinajstić information content (AvgIpc) is 2.33. The van der Waals surface area contributed by atoms with E-state index in [1.807, 2.05) is 0 Å². The number of carbonyl (C=O) groups is 3. The second-order valence-electron chi connectivity index (χ2n) is 4.31. The highest BCUT2D eigenvalue weighted by atomic mass is 16.4. The summed E-state index contributed by atoms with van der Waals surface area (Å²) in [7, 11) is 0. The van der Waals surface area contributed by atoms with Gasteiger partial charge >= 0.3 is 5.97 Å². The minimum absolute atomic E-state index is 0.0267. The van der Waals surface area contributed by atoms with Gasteiger partial charge in [-0.3, -0.25) is 9.59 Å². The molecule has 20 heavy (non-hydrogen) atoms. The first kappa shape index (κ1) is 15.5. The summed E-state index contributed by atoms with van der Waals surface area (Å²) in [5.74, 6) is -2.33. The highest BCUT2D eigenvalue weighted by molar-refractivity contribution is 5.85. The number of aliphatic carboxylic acids is 1. The van der Waals surface area contributed by atoms with Crippen molar-refractivity contribution in [2.45, 2.75) is 25.3 Å². The number of carbonyl (C=O) groups excluding carboxylic acids is 2. The van der Waals surface area contributed by atoms with Crippen molar-refractivity contribution in [3.05, 3.63) is 29.8 Å². The van der Waals surface area contributed by atoms with E-state index in [1.54, 1.807) is 12.1 Å². The maximum absolute atomic E-state index is 11.7. The Kier molecular flexibility index (Phi) is 5.52. The summed E-state index contributed by atoms with van der Waals surface area (Å²) in [5.41, 5.74) is 5.50. The second kappa shape index (κ2) is 7.13. The molecule has 0 aliphatic carbocycles. The largest absolute Gasteiger partial charge is 0.508 e. The second-order valence-corrected chi connectivity index (χ2v) is 4.31. The highest BCUT2D eigenvalue weighted by Crippen LogP contribution is 2.11. The molecule has 2 amide bonds. The van der Waals surface area contributed by atoms with Crippen molar-refractivity contribution in [2.24, 2.45) is 5.73 Å². The summed E-state index contributed by atoms with van der Waals surface area (Å²) >= 11 is 0. The van der Waals surface area contributed by atoms with Crippen LogP contribution < -0.4 is 11.1 Å². The number of nitrogens with one attached hydrogen (secondary N) is 1. The van der Waals surface area contributed by atoms with Gasteiger partial charge in [-0.2, -0.15) is 0 Å². The fourth-order valence-electron chi connectivity index (χ4n) is 1.64. The number of phenols is 1. The van der Waals surface area contributed by atoms with Gasteiger partial charge in [-0.15, -0.1) is 0 Å². The minimum Gasteiger partial charge on any atom is -0.508 e. The summed E-state index contributed by atoms with van der Waals surface area (Å²) in [6.45, 7) is 0. The van der Waals surface area contributed by atoms with Gasteiger partial charge in [0.1, 0.15) is 11.8 Å². The van der Waals surface area contributed by atoms with Crippen LogP contribution in [0.4, 0.5) is 0 Å². The molecule has 0 saturated carbocycles. The monoisotopic (exact) mass is 280 g/mol. The summed E-state index contributed by atoms with van der Waals surface area (Å²) < 4.78 is 0. The Labute approximate surface area is 115 Å². The molecule has 0 bridgehead atoms. The lowest BCUT2D eigenvalue weighted by molar-refractivity contribution is -0.142. The molecule has 1 aromatic carbocycles. The summed E-state index contributed by atoms with van der Waals surface area (Å²) in [5, 5.41) is 20.5. The maximum Gasteiger partial charge on any atom is 0.326 e. The minimum atomic E-state index is -1.23. The van der Waals surface area contributed by atoms with E-state index in [2.05, 4.69) is 5.32 Å². The van der Waals surface area contributed by atoms with Gasteiger partial charge in [0.05, 0.1) is 6.42 Å². The van der Waals surface area contributed by atoms with E-state index < -0.39 is 23.8 Å². The zero-order valence-corrected chi connectivity index (χ0v) is 10.7. The van der Waals surface area contributed by atoms with E-state index in [4.69, 9.17) is 10.8 Å². The third kappa shape index (κ3) is 5.38. The number of aromatic hydroxyl groups is 1. The van der Waals surface area contributed by atoms with Crippen molar-refractivity contribution >= 4 is 17.8 Å². The predicted molar refractivity (Wildman–Crippen MR) is 69.8 cm³/mol. The van der Waals surface area contributed by atoms with E-state index in [1.165, 1.54) is 12.1 Å². The molecule has 0 saturated heterocycles. The fourth-order valence-corrected chi connectivity index (χ4v) is 1.64. The zero-order chi connectivity index (χ0) is 15.1. The number of carboxylic acids is 1. The van der Waals surface area contributed by atoms with Gasteiger partial charge in [0.2, 0.25) is 11.8 Å². The summed E-state index contributed by atoms with van der Waals surface area (Å²) in [6, 6.07) is 4.94. The molecule has 0 heterocycles. The SMILES string of the molecule is NC(=O)CC[C@H](NC(=O)Cc1cccc(O)c1)C(=O)O. The first-order chi connectivity index (χ1) is 9.38. The van der Waals surface area contributed by atoms with E-state index in [9.17, 15) is 19.5 Å². The van der Waals surface area contributed by atoms with Crippen molar-refractivity contribution in [3.8, 4) is 5.75 Å². The highest BCUT2D eigenvalue weighted by Gasteiger charge is 2.20. The number of hydrogen-bond acceptors (Lipinski definition) is 4. The Morgan fingerprint density at radius 3 is 2.55 bits per heavy atom. The lowest BCUT2D eigenvalue weighted by atomic mass is 10.1. The van der Waals surface area contributed by atoms with Crippen molar-refractivity contribution in [2.75, 3.05) is 0 Å². The quantitative estimate of drug-likeness (QED) is 0.548. The topological polar surface area (TPSA) is 130 Å². The number of hydrogen-bond donors (Lipinski definition) is 4. The molecule has 7 heteroatoms. The van der Waals surface area contributed by atoms with E-state index in [0.717, 1.165) is 0 Å². The molecule has 0 fully saturated rings. The number of phenolic OH excluding ortho intramolecular Hbond substituents is 1. The van der Waals surface area contributed by atoms with Crippen LogP contribution in [0, 0.1) is 0 Å². The number of benzene rings is 1. The molecule has 0 unspecified atom stereocenters. The Morgan fingerprint density at radius 2 is 2.00 bits per heavy atom. The van der Waals surface area contributed by atoms with Gasteiger partial charge in [0.25, 0.3) is 0 Å². The third-order valence-electron chi connectivity index (χ3n) is 2.59. The van der Waals surface area contributed by atoms with Gasteiger partial charge in [-0.05, 0) is 24.1 Å². The van der Waals surface area contributed by atoms with Crippen LogP contribution >= 0.6 is 0 Å². The first-order valence-corrected chi connectivity index (χ1v) is 5.97. The number of amides is 2. The van der Waals surface area contributed by atoms with E-state index in [0.29, 0.717) is 5.56 Å². The van der Waals surface area contributed by atoms with Gasteiger partial charge in [-0.1, -0.05) is 12.1 Å². The van der Waals surface area contributed by atoms with Gasteiger partial charge < -0.3 is 21.3 Å². The molecule has 0 aromatic heterocycles. The maximum atomic E-state index is 11.7. The molecule has 1 aromatic rings. The van der Waals surface area contributed by atoms with Crippen molar-refractivity contribution < 1.29 is 24.6 Å². The fraction of sp³-hybridized carbons (Fsp3) is 0.308. The smallest absolute Gasteiger partial charge is 0.326 e. The number of nitrogens with two attached hydrogens (primary N) is 1. The molecule has 0 radical (unpaired) electrons. The van der Waals surface area contributed by atoms with E-state index in [-0.39, 0.29) is 25.0 Å². The first-order valence-electron chi connectivity index (χ1n) is 5.97. The van der Waals surface area contributed by atoms with Crippen LogP contribution in [0.5, 0.6) is 5.75 Å². The van der Waals surface area contributed by atoms with Crippen LogP contribution in [0.2, 0.25) is 0 Å². The van der Waals surface area contributed by atoms with Crippen LogP contribution in [-0.2, 0) is 20.8 Å². The lowest BCUT2D eigenvalue weighted by Crippen LogP contribution is -2.42. The Morgan fingerprint density at radius 1 is 1.30 bits per heavy atom. The van der Waals surface area contributed by atoms with Crippen molar-refractivity contribution in [1.29, 1.82) is 0 Å².